The van der Waals surface area contributed by atoms with Crippen molar-refractivity contribution in [2.75, 3.05) is 13.2 Å². The van der Waals surface area contributed by atoms with E-state index in [9.17, 15) is 10.2 Å². The average molecular weight is 261 g/mol. The van der Waals surface area contributed by atoms with Gasteiger partial charge in [0.05, 0.1) is 29.6 Å². The van der Waals surface area contributed by atoms with E-state index >= 15 is 0 Å². The summed E-state index contributed by atoms with van der Waals surface area (Å²) < 4.78 is 1.84. The summed E-state index contributed by atoms with van der Waals surface area (Å²) in [7, 11) is 0. The van der Waals surface area contributed by atoms with Gasteiger partial charge in [0.1, 0.15) is 0 Å². The minimum absolute atomic E-state index is 0.0513. The largest absolute Gasteiger partial charge is 0.396 e. The fraction of sp³-hybridized carbons (Fsp3) is 0.750. The number of halogens is 1. The lowest BCUT2D eigenvalue weighted by Crippen LogP contribution is -2.32. The zero-order valence-corrected chi connectivity index (χ0v) is 11.5. The zero-order chi connectivity index (χ0) is 13.1. The third kappa shape index (κ3) is 2.81. The fourth-order valence-electron chi connectivity index (χ4n) is 1.90. The molecule has 0 aliphatic heterocycles. The van der Waals surface area contributed by atoms with Gasteiger partial charge in [0.25, 0.3) is 0 Å². The van der Waals surface area contributed by atoms with Crippen LogP contribution in [-0.4, -0.2) is 33.2 Å². The molecular weight excluding hydrogens is 240 g/mol. The Bertz CT molecular complexity index is 365. The Morgan fingerprint density at radius 3 is 2.29 bits per heavy atom. The maximum Gasteiger partial charge on any atom is 0.0847 e. The molecule has 1 heterocycles. The van der Waals surface area contributed by atoms with Crippen LogP contribution >= 0.6 is 11.6 Å². The molecule has 17 heavy (non-hydrogen) atoms. The van der Waals surface area contributed by atoms with Crippen molar-refractivity contribution in [1.82, 2.24) is 9.78 Å². The monoisotopic (exact) mass is 260 g/mol. The second kappa shape index (κ2) is 5.85. The van der Waals surface area contributed by atoms with Crippen LogP contribution in [0, 0.1) is 12.3 Å². The van der Waals surface area contributed by atoms with E-state index in [0.717, 1.165) is 17.9 Å². The predicted molar refractivity (Wildman–Crippen MR) is 68.2 cm³/mol. The highest BCUT2D eigenvalue weighted by atomic mass is 35.5. The highest BCUT2D eigenvalue weighted by molar-refractivity contribution is 6.31. The highest BCUT2D eigenvalue weighted by Crippen LogP contribution is 2.31. The molecule has 0 unspecified atom stereocenters. The summed E-state index contributed by atoms with van der Waals surface area (Å²) in [4.78, 5) is 0. The quantitative estimate of drug-likeness (QED) is 0.820. The van der Waals surface area contributed by atoms with Crippen molar-refractivity contribution >= 4 is 11.6 Å². The molecule has 0 saturated heterocycles. The summed E-state index contributed by atoms with van der Waals surface area (Å²) in [6, 6.07) is 0. The molecule has 0 atom stereocenters. The third-order valence-corrected chi connectivity index (χ3v) is 3.91. The maximum absolute atomic E-state index is 9.47. The van der Waals surface area contributed by atoms with Gasteiger partial charge in [-0.1, -0.05) is 18.5 Å². The van der Waals surface area contributed by atoms with Crippen LogP contribution in [0.3, 0.4) is 0 Å². The summed E-state index contributed by atoms with van der Waals surface area (Å²) in [6.07, 6.45) is 1.24. The normalized spacial score (nSPS) is 12.1. The zero-order valence-electron chi connectivity index (χ0n) is 10.7. The van der Waals surface area contributed by atoms with Crippen LogP contribution < -0.4 is 0 Å². The number of hydrogen-bond donors (Lipinski definition) is 2. The average Bonchev–Trinajstić information content (AvgIpc) is 2.63. The minimum Gasteiger partial charge on any atom is -0.396 e. The van der Waals surface area contributed by atoms with Crippen molar-refractivity contribution in [1.29, 1.82) is 0 Å². The number of aryl methyl sites for hydroxylation is 2. The van der Waals surface area contributed by atoms with E-state index in [1.807, 2.05) is 25.5 Å². The topological polar surface area (TPSA) is 58.3 Å². The van der Waals surface area contributed by atoms with Gasteiger partial charge in [-0.15, -0.1) is 0 Å². The van der Waals surface area contributed by atoms with E-state index in [-0.39, 0.29) is 13.2 Å². The standard InChI is InChI=1S/C12H21ClN2O2/c1-4-12(7-16,8-17)6-10-11(13)9(3)14-15(10)5-2/h16-17H,4-8H2,1-3H3. The molecule has 2 N–H and O–H groups in total. The molecule has 0 radical (unpaired) electrons. The molecule has 5 heteroatoms. The lowest BCUT2D eigenvalue weighted by atomic mass is 9.82. The lowest BCUT2D eigenvalue weighted by Gasteiger charge is -2.28. The molecule has 0 bridgehead atoms. The molecule has 0 amide bonds. The van der Waals surface area contributed by atoms with Crippen molar-refractivity contribution in [3.63, 3.8) is 0 Å². The molecule has 0 spiro atoms. The van der Waals surface area contributed by atoms with Gasteiger partial charge >= 0.3 is 0 Å². The number of aliphatic hydroxyl groups is 2. The second-order valence-electron chi connectivity index (χ2n) is 4.51. The van der Waals surface area contributed by atoms with E-state index < -0.39 is 5.41 Å². The minimum atomic E-state index is -0.511. The van der Waals surface area contributed by atoms with E-state index in [1.54, 1.807) is 0 Å². The third-order valence-electron chi connectivity index (χ3n) is 3.42. The summed E-state index contributed by atoms with van der Waals surface area (Å²) >= 11 is 6.22. The van der Waals surface area contributed by atoms with Crippen LogP contribution in [0.15, 0.2) is 0 Å². The van der Waals surface area contributed by atoms with Crippen molar-refractivity contribution in [2.24, 2.45) is 5.41 Å². The maximum atomic E-state index is 9.47. The van der Waals surface area contributed by atoms with E-state index in [2.05, 4.69) is 5.10 Å². The number of rotatable bonds is 6. The lowest BCUT2D eigenvalue weighted by molar-refractivity contribution is 0.0497. The van der Waals surface area contributed by atoms with Crippen LogP contribution in [-0.2, 0) is 13.0 Å². The highest BCUT2D eigenvalue weighted by Gasteiger charge is 2.30. The van der Waals surface area contributed by atoms with Crippen molar-refractivity contribution in [3.05, 3.63) is 16.4 Å². The Kier molecular flexibility index (Phi) is 4.98. The van der Waals surface area contributed by atoms with Crippen LogP contribution in [0.25, 0.3) is 0 Å². The molecule has 0 aliphatic carbocycles. The summed E-state index contributed by atoms with van der Waals surface area (Å²) in [5, 5.41) is 23.9. The van der Waals surface area contributed by atoms with Gasteiger partial charge in [0, 0.05) is 18.4 Å². The molecule has 1 rings (SSSR count). The van der Waals surface area contributed by atoms with Gasteiger partial charge in [-0.25, -0.2) is 0 Å². The summed E-state index contributed by atoms with van der Waals surface area (Å²) in [5.41, 5.74) is 1.18. The molecule has 4 nitrogen and oxygen atoms in total. The second-order valence-corrected chi connectivity index (χ2v) is 4.89. The molecule has 1 aromatic heterocycles. The Hall–Kier alpha value is -0.580. The first-order chi connectivity index (χ1) is 8.03. The fourth-order valence-corrected chi connectivity index (χ4v) is 2.11. The SMILES string of the molecule is CCn1nc(C)c(Cl)c1CC(CC)(CO)CO. The number of hydrogen-bond acceptors (Lipinski definition) is 3. The number of aliphatic hydroxyl groups excluding tert-OH is 2. The van der Waals surface area contributed by atoms with E-state index in [4.69, 9.17) is 11.6 Å². The first kappa shape index (κ1) is 14.5. The first-order valence-corrected chi connectivity index (χ1v) is 6.34. The Morgan fingerprint density at radius 2 is 1.88 bits per heavy atom. The number of aromatic nitrogens is 2. The van der Waals surface area contributed by atoms with Gasteiger partial charge in [0.15, 0.2) is 0 Å². The Morgan fingerprint density at radius 1 is 1.29 bits per heavy atom. The van der Waals surface area contributed by atoms with Crippen LogP contribution in [0.2, 0.25) is 5.02 Å². The molecule has 98 valence electrons. The van der Waals surface area contributed by atoms with Gasteiger partial charge < -0.3 is 10.2 Å². The van der Waals surface area contributed by atoms with Gasteiger partial charge in [-0.05, 0) is 20.3 Å². The van der Waals surface area contributed by atoms with Gasteiger partial charge in [0.2, 0.25) is 0 Å². The van der Waals surface area contributed by atoms with Crippen LogP contribution in [0.4, 0.5) is 0 Å². The molecule has 0 saturated carbocycles. The molecule has 0 fully saturated rings. The van der Waals surface area contributed by atoms with Crippen molar-refractivity contribution < 1.29 is 10.2 Å². The smallest absolute Gasteiger partial charge is 0.0847 e. The Balaban J connectivity index is 3.08. The molecule has 0 aliphatic rings. The molecule has 0 aromatic carbocycles. The Labute approximate surface area is 107 Å². The van der Waals surface area contributed by atoms with E-state index in [1.165, 1.54) is 0 Å². The molecule has 1 aromatic rings. The summed E-state index contributed by atoms with van der Waals surface area (Å²) in [5.74, 6) is 0. The number of nitrogens with zero attached hydrogens (tertiary/aromatic N) is 2. The first-order valence-electron chi connectivity index (χ1n) is 5.97. The van der Waals surface area contributed by atoms with Crippen LogP contribution in [0.5, 0.6) is 0 Å². The van der Waals surface area contributed by atoms with E-state index in [0.29, 0.717) is 17.9 Å². The van der Waals surface area contributed by atoms with Gasteiger partial charge in [-0.3, -0.25) is 4.68 Å². The molecular formula is C12H21ClN2O2. The van der Waals surface area contributed by atoms with Gasteiger partial charge in [-0.2, -0.15) is 5.10 Å². The van der Waals surface area contributed by atoms with Crippen molar-refractivity contribution in [3.8, 4) is 0 Å². The van der Waals surface area contributed by atoms with Crippen LogP contribution in [0.1, 0.15) is 31.7 Å². The van der Waals surface area contributed by atoms with Crippen molar-refractivity contribution in [2.45, 2.75) is 40.2 Å². The predicted octanol–water partition coefficient (Wildman–Crippen LogP) is 1.79. The summed E-state index contributed by atoms with van der Waals surface area (Å²) in [6.45, 7) is 6.45.